The first-order valence-corrected chi connectivity index (χ1v) is 13.4. The lowest BCUT2D eigenvalue weighted by molar-refractivity contribution is 0.794. The Hall–Kier alpha value is -5.84. The molecule has 0 bridgehead atoms. The predicted molar refractivity (Wildman–Crippen MR) is 159 cm³/mol. The highest BCUT2D eigenvalue weighted by Gasteiger charge is 2.51. The Morgan fingerprint density at radius 1 is 0.439 bits per heavy atom. The number of benzene rings is 4. The van der Waals surface area contributed by atoms with Gasteiger partial charge in [0.15, 0.2) is 0 Å². The number of nitriles is 2. The zero-order valence-electron chi connectivity index (χ0n) is 21.8. The minimum Gasteiger partial charge on any atom is -0.263 e. The van der Waals surface area contributed by atoms with E-state index < -0.39 is 5.41 Å². The summed E-state index contributed by atoms with van der Waals surface area (Å²) in [6.07, 6.45) is 6.83. The summed E-state index contributed by atoms with van der Waals surface area (Å²) in [5.41, 5.74) is 14.2. The Morgan fingerprint density at radius 3 is 1.34 bits per heavy atom. The Kier molecular flexibility index (Phi) is 4.83. The molecule has 2 aliphatic carbocycles. The highest BCUT2D eigenvalue weighted by Crippen LogP contribution is 2.63. The average Bonchev–Trinajstić information content (AvgIpc) is 3.51. The lowest BCUT2D eigenvalue weighted by Gasteiger charge is -2.31. The van der Waals surface area contributed by atoms with Crippen molar-refractivity contribution in [2.24, 2.45) is 0 Å². The topological polar surface area (TPSA) is 73.4 Å². The molecule has 41 heavy (non-hydrogen) atoms. The fraction of sp³-hybridized carbons (Fsp3) is 0.0270. The van der Waals surface area contributed by atoms with Crippen molar-refractivity contribution in [3.8, 4) is 56.6 Å². The van der Waals surface area contributed by atoms with Gasteiger partial charge in [0.2, 0.25) is 0 Å². The van der Waals surface area contributed by atoms with Gasteiger partial charge in [-0.2, -0.15) is 10.5 Å². The molecule has 188 valence electrons. The van der Waals surface area contributed by atoms with Gasteiger partial charge in [0, 0.05) is 35.9 Å². The van der Waals surface area contributed by atoms with E-state index >= 15 is 0 Å². The van der Waals surface area contributed by atoms with Crippen molar-refractivity contribution in [2.75, 3.05) is 0 Å². The molecule has 0 saturated heterocycles. The number of pyridine rings is 2. The molecule has 0 saturated carbocycles. The van der Waals surface area contributed by atoms with Crippen molar-refractivity contribution in [3.05, 3.63) is 155 Å². The van der Waals surface area contributed by atoms with E-state index in [0.29, 0.717) is 11.1 Å². The van der Waals surface area contributed by atoms with Crippen LogP contribution < -0.4 is 0 Å². The third-order valence-electron chi connectivity index (χ3n) is 8.49. The molecule has 2 aliphatic rings. The molecule has 0 radical (unpaired) electrons. The molecule has 0 fully saturated rings. The third kappa shape index (κ3) is 3.13. The largest absolute Gasteiger partial charge is 0.263 e. The Bertz CT molecular complexity index is 1990. The molecule has 4 aromatic carbocycles. The molecule has 2 heterocycles. The molecule has 2 aromatic heterocycles. The monoisotopic (exact) mass is 520 g/mol. The second-order valence-electron chi connectivity index (χ2n) is 10.5. The summed E-state index contributed by atoms with van der Waals surface area (Å²) in [6.45, 7) is 0. The molecule has 0 unspecified atom stereocenters. The van der Waals surface area contributed by atoms with E-state index in [-0.39, 0.29) is 0 Å². The SMILES string of the molecule is N#Cc1cncc(-c2ccc3c(c2)C2(c4ccccc4-c4ccccc42)c2cc(-c4cncc(C#N)c4)ccc2-3)c1. The van der Waals surface area contributed by atoms with Crippen molar-refractivity contribution >= 4 is 0 Å². The van der Waals surface area contributed by atoms with Gasteiger partial charge in [0.1, 0.15) is 12.1 Å². The van der Waals surface area contributed by atoms with Crippen molar-refractivity contribution in [1.29, 1.82) is 10.5 Å². The van der Waals surface area contributed by atoms with Crippen LogP contribution in [0.5, 0.6) is 0 Å². The van der Waals surface area contributed by atoms with Gasteiger partial charge in [-0.05, 0) is 79.9 Å². The number of nitrogens with zero attached hydrogens (tertiary/aromatic N) is 4. The molecular weight excluding hydrogens is 500 g/mol. The van der Waals surface area contributed by atoms with E-state index in [0.717, 1.165) is 22.3 Å². The summed E-state index contributed by atoms with van der Waals surface area (Å²) in [5, 5.41) is 19.0. The van der Waals surface area contributed by atoms with Crippen LogP contribution in [0.1, 0.15) is 33.4 Å². The van der Waals surface area contributed by atoms with Crippen molar-refractivity contribution in [2.45, 2.75) is 5.41 Å². The highest BCUT2D eigenvalue weighted by molar-refractivity contribution is 5.96. The van der Waals surface area contributed by atoms with Crippen LogP contribution >= 0.6 is 0 Å². The summed E-state index contributed by atoms with van der Waals surface area (Å²) < 4.78 is 0. The Labute approximate surface area is 237 Å². The first-order valence-electron chi connectivity index (χ1n) is 13.4. The quantitative estimate of drug-likeness (QED) is 0.232. The van der Waals surface area contributed by atoms with E-state index in [1.54, 1.807) is 12.4 Å². The fourth-order valence-electron chi connectivity index (χ4n) is 6.82. The summed E-state index contributed by atoms with van der Waals surface area (Å²) in [4.78, 5) is 8.67. The van der Waals surface area contributed by atoms with Gasteiger partial charge in [-0.25, -0.2) is 0 Å². The van der Waals surface area contributed by atoms with Crippen LogP contribution in [0.25, 0.3) is 44.5 Å². The van der Waals surface area contributed by atoms with Gasteiger partial charge in [0.25, 0.3) is 0 Å². The molecule has 4 heteroatoms. The average molecular weight is 521 g/mol. The Balaban J connectivity index is 1.46. The molecular formula is C37H20N4. The summed E-state index contributed by atoms with van der Waals surface area (Å²) in [5.74, 6) is 0. The molecule has 0 N–H and O–H groups in total. The minimum atomic E-state index is -0.523. The molecule has 4 nitrogen and oxygen atoms in total. The third-order valence-corrected chi connectivity index (χ3v) is 8.49. The maximum atomic E-state index is 9.51. The van der Waals surface area contributed by atoms with Gasteiger partial charge in [0.05, 0.1) is 16.5 Å². The van der Waals surface area contributed by atoms with Gasteiger partial charge in [-0.15, -0.1) is 0 Å². The van der Waals surface area contributed by atoms with E-state index in [4.69, 9.17) is 0 Å². The summed E-state index contributed by atoms with van der Waals surface area (Å²) >= 11 is 0. The van der Waals surface area contributed by atoms with Crippen LogP contribution in [-0.2, 0) is 5.41 Å². The van der Waals surface area contributed by atoms with Gasteiger partial charge >= 0.3 is 0 Å². The van der Waals surface area contributed by atoms with Crippen LogP contribution in [0.4, 0.5) is 0 Å². The molecule has 6 aromatic rings. The molecule has 0 amide bonds. The van der Waals surface area contributed by atoms with Crippen LogP contribution in [-0.4, -0.2) is 9.97 Å². The van der Waals surface area contributed by atoms with Gasteiger partial charge in [-0.1, -0.05) is 72.8 Å². The number of fused-ring (bicyclic) bond motifs is 10. The van der Waals surface area contributed by atoms with Crippen LogP contribution in [0.2, 0.25) is 0 Å². The van der Waals surface area contributed by atoms with E-state index in [9.17, 15) is 10.5 Å². The van der Waals surface area contributed by atoms with Gasteiger partial charge < -0.3 is 0 Å². The van der Waals surface area contributed by atoms with Crippen LogP contribution in [0, 0.1) is 22.7 Å². The molecule has 8 rings (SSSR count). The standard InChI is InChI=1S/C37H20N4/c38-17-23-13-27(21-40-19-23)25-9-11-31-32-12-10-26(28-14-24(18-39)20-41-22-28)16-36(32)37(35(31)15-25)33-7-3-1-5-29(33)30-6-2-4-8-34(30)37/h1-16,19-22H. The van der Waals surface area contributed by atoms with Crippen LogP contribution in [0.3, 0.4) is 0 Å². The maximum Gasteiger partial charge on any atom is 0.101 e. The predicted octanol–water partition coefficient (Wildman–Crippen LogP) is 7.90. The molecule has 1 spiro atoms. The maximum absolute atomic E-state index is 9.51. The van der Waals surface area contributed by atoms with E-state index in [2.05, 4.69) is 107 Å². The van der Waals surface area contributed by atoms with Crippen molar-refractivity contribution < 1.29 is 0 Å². The summed E-state index contributed by atoms with van der Waals surface area (Å²) in [7, 11) is 0. The highest BCUT2D eigenvalue weighted by atomic mass is 14.6. The smallest absolute Gasteiger partial charge is 0.101 e. The summed E-state index contributed by atoms with van der Waals surface area (Å²) in [6, 6.07) is 38.9. The number of hydrogen-bond donors (Lipinski definition) is 0. The second-order valence-corrected chi connectivity index (χ2v) is 10.5. The number of aromatic nitrogens is 2. The zero-order valence-corrected chi connectivity index (χ0v) is 21.8. The Morgan fingerprint density at radius 2 is 0.878 bits per heavy atom. The fourth-order valence-corrected chi connectivity index (χ4v) is 6.82. The second kappa shape index (κ2) is 8.58. The van der Waals surface area contributed by atoms with Crippen molar-refractivity contribution in [1.82, 2.24) is 9.97 Å². The molecule has 0 aliphatic heterocycles. The first-order chi connectivity index (χ1) is 20.2. The molecule has 0 atom stereocenters. The lowest BCUT2D eigenvalue weighted by Crippen LogP contribution is -2.26. The minimum absolute atomic E-state index is 0.523. The van der Waals surface area contributed by atoms with Gasteiger partial charge in [-0.3, -0.25) is 9.97 Å². The van der Waals surface area contributed by atoms with E-state index in [1.807, 2.05) is 24.5 Å². The zero-order chi connectivity index (χ0) is 27.6. The van der Waals surface area contributed by atoms with Crippen LogP contribution in [0.15, 0.2) is 122 Å². The lowest BCUT2D eigenvalue weighted by atomic mass is 9.70. The normalized spacial score (nSPS) is 13.0. The van der Waals surface area contributed by atoms with Crippen molar-refractivity contribution in [3.63, 3.8) is 0 Å². The van der Waals surface area contributed by atoms with E-state index in [1.165, 1.54) is 44.5 Å². The number of hydrogen-bond acceptors (Lipinski definition) is 4. The first kappa shape index (κ1) is 23.1. The number of rotatable bonds is 2.